The molecule has 5 rings (SSSR count). The third kappa shape index (κ3) is 6.32. The summed E-state index contributed by atoms with van der Waals surface area (Å²) < 4.78 is 9.90. The fourth-order valence-electron chi connectivity index (χ4n) is 6.12. The lowest BCUT2D eigenvalue weighted by atomic mass is 9.93. The number of aryl methyl sites for hydroxylation is 4. The van der Waals surface area contributed by atoms with Gasteiger partial charge in [-0.1, -0.05) is 29.8 Å². The van der Waals surface area contributed by atoms with Gasteiger partial charge in [0.15, 0.2) is 0 Å². The molecule has 43 heavy (non-hydrogen) atoms. The summed E-state index contributed by atoms with van der Waals surface area (Å²) in [5.41, 5.74) is 11.3. The van der Waals surface area contributed by atoms with Gasteiger partial charge in [-0.3, -0.25) is 14.3 Å². The van der Waals surface area contributed by atoms with Crippen LogP contribution in [0.3, 0.4) is 0 Å². The first-order valence-electron chi connectivity index (χ1n) is 14.7. The molecule has 0 radical (unpaired) electrons. The number of hydrogen-bond donors (Lipinski definition) is 1. The Kier molecular flexibility index (Phi) is 8.92. The van der Waals surface area contributed by atoms with Crippen LogP contribution in [-0.2, 0) is 36.1 Å². The predicted octanol–water partition coefficient (Wildman–Crippen LogP) is 6.85. The van der Waals surface area contributed by atoms with Gasteiger partial charge in [-0.2, -0.15) is 5.10 Å². The van der Waals surface area contributed by atoms with Crippen LogP contribution in [0.4, 0.5) is 0 Å². The van der Waals surface area contributed by atoms with Gasteiger partial charge in [0.05, 0.1) is 25.4 Å². The monoisotopic (exact) mass is 598 g/mol. The summed E-state index contributed by atoms with van der Waals surface area (Å²) in [6.45, 7) is 10.8. The van der Waals surface area contributed by atoms with Crippen molar-refractivity contribution in [3.05, 3.63) is 98.6 Å². The molecule has 4 aromatic rings. The first-order chi connectivity index (χ1) is 20.5. The van der Waals surface area contributed by atoms with Crippen LogP contribution >= 0.6 is 11.6 Å². The third-order valence-corrected chi connectivity index (χ3v) is 8.86. The molecule has 1 amide bonds. The Morgan fingerprint density at radius 3 is 2.44 bits per heavy atom. The van der Waals surface area contributed by atoms with Crippen molar-refractivity contribution in [2.24, 2.45) is 7.05 Å². The lowest BCUT2D eigenvalue weighted by molar-refractivity contribution is -0.118. The van der Waals surface area contributed by atoms with Crippen LogP contribution < -0.4 is 10.1 Å². The van der Waals surface area contributed by atoms with E-state index in [0.717, 1.165) is 78.8 Å². The highest BCUT2D eigenvalue weighted by atomic mass is 35.5. The van der Waals surface area contributed by atoms with Gasteiger partial charge in [-0.25, -0.2) is 0 Å². The van der Waals surface area contributed by atoms with E-state index in [1.165, 1.54) is 0 Å². The number of ether oxygens (including phenoxy) is 1. The molecule has 0 bridgehead atoms. The Morgan fingerprint density at radius 2 is 1.77 bits per heavy atom. The van der Waals surface area contributed by atoms with E-state index in [1.807, 2.05) is 67.5 Å². The number of allylic oxidation sites excluding steroid dienone is 1. The Labute approximate surface area is 258 Å². The summed E-state index contributed by atoms with van der Waals surface area (Å²) in [6.07, 6.45) is 3.87. The number of hydrogen-bond acceptors (Lipinski definition) is 4. The van der Waals surface area contributed by atoms with Crippen molar-refractivity contribution in [3.8, 4) is 16.9 Å². The summed E-state index contributed by atoms with van der Waals surface area (Å²) in [4.78, 5) is 25.5. The normalized spacial score (nSPS) is 12.5. The van der Waals surface area contributed by atoms with Gasteiger partial charge in [-0.15, -0.1) is 0 Å². The molecule has 8 heteroatoms. The van der Waals surface area contributed by atoms with Crippen LogP contribution in [0.1, 0.15) is 59.1 Å². The number of amides is 1. The number of aromatic nitrogens is 3. The van der Waals surface area contributed by atoms with E-state index < -0.39 is 0 Å². The topological polar surface area (TPSA) is 78.2 Å². The molecular formula is C35H39ClN4O3. The average molecular weight is 599 g/mol. The van der Waals surface area contributed by atoms with Crippen molar-refractivity contribution >= 4 is 28.9 Å². The maximum Gasteiger partial charge on any atom is 0.248 e. The van der Waals surface area contributed by atoms with E-state index in [2.05, 4.69) is 35.5 Å². The molecule has 0 fully saturated rings. The van der Waals surface area contributed by atoms with Crippen LogP contribution in [-0.4, -0.2) is 32.6 Å². The number of nitrogens with zero attached hydrogens (tertiary/aromatic N) is 3. The zero-order valence-corrected chi connectivity index (χ0v) is 26.6. The van der Waals surface area contributed by atoms with Crippen molar-refractivity contribution in [3.63, 3.8) is 0 Å². The zero-order chi connectivity index (χ0) is 30.8. The third-order valence-electron chi connectivity index (χ3n) is 8.27. The highest BCUT2D eigenvalue weighted by Gasteiger charge is 2.29. The highest BCUT2D eigenvalue weighted by Crippen LogP contribution is 2.42. The van der Waals surface area contributed by atoms with E-state index >= 15 is 0 Å². The minimum absolute atomic E-state index is 0.0691. The molecule has 2 heterocycles. The van der Waals surface area contributed by atoms with Gasteiger partial charge in [0.25, 0.3) is 0 Å². The van der Waals surface area contributed by atoms with Gasteiger partial charge in [0, 0.05) is 47.2 Å². The van der Waals surface area contributed by atoms with Crippen LogP contribution in [0.25, 0.3) is 16.7 Å². The molecule has 7 nitrogen and oxygen atoms in total. The van der Waals surface area contributed by atoms with Gasteiger partial charge < -0.3 is 14.6 Å². The number of ketones is 1. The smallest absolute Gasteiger partial charge is 0.248 e. The van der Waals surface area contributed by atoms with E-state index in [9.17, 15) is 9.59 Å². The number of nitrogens with one attached hydrogen (secondary N) is 1. The molecule has 1 N–H and O–H groups in total. The van der Waals surface area contributed by atoms with Crippen molar-refractivity contribution in [1.29, 1.82) is 0 Å². The van der Waals surface area contributed by atoms with E-state index in [1.54, 1.807) is 6.92 Å². The summed E-state index contributed by atoms with van der Waals surface area (Å²) in [7, 11) is 1.96. The molecule has 0 aliphatic heterocycles. The number of Topliss-reactive ketones (excluding diaryl/α,β-unsaturated/α-hetero) is 1. The second kappa shape index (κ2) is 12.6. The van der Waals surface area contributed by atoms with Crippen LogP contribution in [0.15, 0.2) is 54.2 Å². The molecule has 1 aliphatic rings. The number of rotatable bonds is 11. The second-order valence-electron chi connectivity index (χ2n) is 11.5. The molecule has 2 aromatic carbocycles. The maximum atomic E-state index is 13.8. The average Bonchev–Trinajstić information content (AvgIpc) is 3.63. The Balaban J connectivity index is 1.40. The van der Waals surface area contributed by atoms with Gasteiger partial charge in [0.2, 0.25) is 5.91 Å². The van der Waals surface area contributed by atoms with E-state index in [4.69, 9.17) is 16.3 Å². The van der Waals surface area contributed by atoms with Gasteiger partial charge in [0.1, 0.15) is 11.5 Å². The molecule has 1 aliphatic carbocycles. The number of benzene rings is 2. The second-order valence-corrected chi connectivity index (χ2v) is 11.8. The first kappa shape index (κ1) is 30.4. The number of halogens is 1. The summed E-state index contributed by atoms with van der Waals surface area (Å²) >= 11 is 6.34. The minimum Gasteiger partial charge on any atom is -0.494 e. The van der Waals surface area contributed by atoms with Gasteiger partial charge >= 0.3 is 0 Å². The molecule has 0 atom stereocenters. The number of carbonyl (C=O) groups excluding carboxylic acids is 2. The quantitative estimate of drug-likeness (QED) is 0.192. The highest BCUT2D eigenvalue weighted by molar-refractivity contribution is 6.32. The summed E-state index contributed by atoms with van der Waals surface area (Å²) in [5.74, 6) is 0.786. The van der Waals surface area contributed by atoms with Crippen LogP contribution in [0, 0.1) is 27.7 Å². The predicted molar refractivity (Wildman–Crippen MR) is 171 cm³/mol. The Hall–Kier alpha value is -4.10. The fraction of sp³-hybridized carbons (Fsp3) is 0.343. The molecule has 0 saturated carbocycles. The SMILES string of the molecule is CC(=O)Cn1cccc1CNC(=O)C1=C(CCCOc2cc(C)c(Cl)c(C)c2)c2cccc(-c3c(C)nn(C)c3C)c2C1. The fourth-order valence-corrected chi connectivity index (χ4v) is 6.23. The lowest BCUT2D eigenvalue weighted by Crippen LogP contribution is -2.26. The molecular weight excluding hydrogens is 560 g/mol. The molecule has 0 spiro atoms. The van der Waals surface area contributed by atoms with Crippen molar-refractivity contribution < 1.29 is 14.3 Å². The standard InChI is InChI=1S/C35H39ClN4O3/c1-21-16-27(17-22(2)34(21)36)43-15-9-13-29-28-11-7-12-30(33-24(4)38-39(6)25(33)5)31(28)18-32(29)35(42)37-19-26-10-8-14-40(26)20-23(3)41/h7-8,10-12,14,16-17H,9,13,15,18-20H2,1-6H3,(H,37,42). The van der Waals surface area contributed by atoms with Crippen LogP contribution in [0.2, 0.25) is 5.02 Å². The van der Waals surface area contributed by atoms with Gasteiger partial charge in [-0.05, 0) is 105 Å². The molecule has 0 saturated heterocycles. The summed E-state index contributed by atoms with van der Waals surface area (Å²) in [6, 6.07) is 14.1. The minimum atomic E-state index is -0.0859. The van der Waals surface area contributed by atoms with Crippen LogP contribution in [0.5, 0.6) is 5.75 Å². The summed E-state index contributed by atoms with van der Waals surface area (Å²) in [5, 5.41) is 8.55. The molecule has 2 aromatic heterocycles. The number of carbonyl (C=O) groups is 2. The molecule has 0 unspecified atom stereocenters. The zero-order valence-electron chi connectivity index (χ0n) is 25.8. The Morgan fingerprint density at radius 1 is 1.05 bits per heavy atom. The van der Waals surface area contributed by atoms with E-state index in [0.29, 0.717) is 26.0 Å². The largest absolute Gasteiger partial charge is 0.494 e. The van der Waals surface area contributed by atoms with E-state index in [-0.39, 0.29) is 18.2 Å². The van der Waals surface area contributed by atoms with Crippen molar-refractivity contribution in [1.82, 2.24) is 19.7 Å². The Bertz CT molecular complexity index is 1720. The lowest BCUT2D eigenvalue weighted by Gasteiger charge is -2.13. The molecule has 224 valence electrons. The number of fused-ring (bicyclic) bond motifs is 1. The van der Waals surface area contributed by atoms with Crippen molar-refractivity contribution in [2.75, 3.05) is 6.61 Å². The maximum absolute atomic E-state index is 13.8. The van der Waals surface area contributed by atoms with Crippen molar-refractivity contribution in [2.45, 2.75) is 67.0 Å². The first-order valence-corrected chi connectivity index (χ1v) is 15.1.